The van der Waals surface area contributed by atoms with Gasteiger partial charge in [-0.3, -0.25) is 4.79 Å². The third-order valence-electron chi connectivity index (χ3n) is 4.29. The van der Waals surface area contributed by atoms with Gasteiger partial charge >= 0.3 is 0 Å². The van der Waals surface area contributed by atoms with Gasteiger partial charge in [0, 0.05) is 25.6 Å². The number of halogens is 1. The van der Waals surface area contributed by atoms with E-state index in [0.29, 0.717) is 25.0 Å². The van der Waals surface area contributed by atoms with Gasteiger partial charge in [0.1, 0.15) is 6.04 Å². The van der Waals surface area contributed by atoms with Crippen molar-refractivity contribution < 1.29 is 14.3 Å². The summed E-state index contributed by atoms with van der Waals surface area (Å²) in [6, 6.07) is -0.231. The highest BCUT2D eigenvalue weighted by Crippen LogP contribution is 2.25. The Labute approximate surface area is 133 Å². The van der Waals surface area contributed by atoms with E-state index < -0.39 is 0 Å². The molecule has 2 heterocycles. The molecule has 4 atom stereocenters. The highest BCUT2D eigenvalue weighted by Gasteiger charge is 2.31. The van der Waals surface area contributed by atoms with Gasteiger partial charge in [-0.25, -0.2) is 0 Å². The average molecular weight is 321 g/mol. The molecule has 0 aliphatic carbocycles. The van der Waals surface area contributed by atoms with Crippen LogP contribution in [-0.4, -0.2) is 50.5 Å². The number of hydrogen-bond acceptors (Lipinski definition) is 4. The SMILES string of the molecule is CC(C)C1OCCCC1CNC(=O)[C@H]1NCCO[C@@H]1C.Cl. The zero-order valence-electron chi connectivity index (χ0n) is 13.3. The van der Waals surface area contributed by atoms with E-state index in [1.54, 1.807) is 0 Å². The van der Waals surface area contributed by atoms with Crippen molar-refractivity contribution in [1.82, 2.24) is 10.6 Å². The first kappa shape index (κ1) is 18.7. The summed E-state index contributed by atoms with van der Waals surface area (Å²) in [5.41, 5.74) is 0. The molecule has 2 rings (SSSR count). The van der Waals surface area contributed by atoms with Crippen LogP contribution in [0.5, 0.6) is 0 Å². The summed E-state index contributed by atoms with van der Waals surface area (Å²) in [4.78, 5) is 12.2. The van der Waals surface area contributed by atoms with Crippen molar-refractivity contribution >= 4 is 18.3 Å². The summed E-state index contributed by atoms with van der Waals surface area (Å²) in [6.45, 7) is 9.28. The predicted molar refractivity (Wildman–Crippen MR) is 84.8 cm³/mol. The summed E-state index contributed by atoms with van der Waals surface area (Å²) in [5, 5.41) is 6.30. The van der Waals surface area contributed by atoms with Gasteiger partial charge in [0.05, 0.1) is 18.8 Å². The third-order valence-corrected chi connectivity index (χ3v) is 4.29. The van der Waals surface area contributed by atoms with Crippen LogP contribution < -0.4 is 10.6 Å². The van der Waals surface area contributed by atoms with Gasteiger partial charge in [-0.1, -0.05) is 13.8 Å². The average Bonchev–Trinajstić information content (AvgIpc) is 2.45. The minimum atomic E-state index is -0.231. The number of hydrogen-bond donors (Lipinski definition) is 2. The molecule has 21 heavy (non-hydrogen) atoms. The van der Waals surface area contributed by atoms with E-state index >= 15 is 0 Å². The summed E-state index contributed by atoms with van der Waals surface area (Å²) in [7, 11) is 0. The minimum Gasteiger partial charge on any atom is -0.378 e. The number of morpholine rings is 1. The number of amides is 1. The zero-order chi connectivity index (χ0) is 14.5. The number of ether oxygens (including phenoxy) is 2. The Balaban J connectivity index is 0.00000220. The molecule has 0 aromatic rings. The molecule has 2 aliphatic heterocycles. The molecule has 0 aromatic carbocycles. The summed E-state index contributed by atoms with van der Waals surface area (Å²) < 4.78 is 11.4. The Morgan fingerprint density at radius 2 is 2.10 bits per heavy atom. The van der Waals surface area contributed by atoms with Crippen molar-refractivity contribution in [3.63, 3.8) is 0 Å². The molecular weight excluding hydrogens is 292 g/mol. The summed E-state index contributed by atoms with van der Waals surface area (Å²) >= 11 is 0. The summed E-state index contributed by atoms with van der Waals surface area (Å²) in [5.74, 6) is 0.963. The van der Waals surface area contributed by atoms with E-state index in [2.05, 4.69) is 24.5 Å². The molecule has 0 saturated carbocycles. The molecule has 1 amide bonds. The fourth-order valence-corrected chi connectivity index (χ4v) is 3.19. The number of nitrogens with one attached hydrogen (secondary N) is 2. The van der Waals surface area contributed by atoms with Gasteiger partial charge in [0.25, 0.3) is 0 Å². The highest BCUT2D eigenvalue weighted by molar-refractivity contribution is 5.85. The lowest BCUT2D eigenvalue weighted by Crippen LogP contribution is -2.56. The molecule has 2 fully saturated rings. The van der Waals surface area contributed by atoms with Crippen molar-refractivity contribution in [2.24, 2.45) is 11.8 Å². The minimum absolute atomic E-state index is 0. The molecule has 2 aliphatic rings. The highest BCUT2D eigenvalue weighted by atomic mass is 35.5. The molecule has 0 aromatic heterocycles. The van der Waals surface area contributed by atoms with Crippen LogP contribution in [0, 0.1) is 11.8 Å². The largest absolute Gasteiger partial charge is 0.378 e. The molecule has 124 valence electrons. The standard InChI is InChI=1S/C15H28N2O3.ClH/c1-10(2)14-12(5-4-7-20-14)9-17-15(18)13-11(3)19-8-6-16-13;/h10-14,16H,4-9H2,1-3H3,(H,17,18);1H/t11-,12?,13+,14?;/m1./s1. The Kier molecular flexibility index (Phi) is 7.95. The number of carbonyl (C=O) groups is 1. The Morgan fingerprint density at radius 3 is 2.76 bits per heavy atom. The predicted octanol–water partition coefficient (Wildman–Crippen LogP) is 1.35. The van der Waals surface area contributed by atoms with Crippen molar-refractivity contribution in [1.29, 1.82) is 0 Å². The molecule has 0 spiro atoms. The molecule has 6 heteroatoms. The first-order valence-electron chi connectivity index (χ1n) is 7.84. The second-order valence-corrected chi connectivity index (χ2v) is 6.23. The number of carbonyl (C=O) groups excluding carboxylic acids is 1. The zero-order valence-corrected chi connectivity index (χ0v) is 14.1. The fourth-order valence-electron chi connectivity index (χ4n) is 3.19. The molecule has 2 saturated heterocycles. The van der Waals surface area contributed by atoms with Crippen molar-refractivity contribution in [3.8, 4) is 0 Å². The van der Waals surface area contributed by atoms with Crippen LogP contribution in [0.1, 0.15) is 33.6 Å². The van der Waals surface area contributed by atoms with Gasteiger partial charge in [-0.05, 0) is 25.7 Å². The van der Waals surface area contributed by atoms with Gasteiger partial charge in [-0.2, -0.15) is 0 Å². The van der Waals surface area contributed by atoms with Gasteiger partial charge in [-0.15, -0.1) is 12.4 Å². The van der Waals surface area contributed by atoms with Crippen molar-refractivity contribution in [2.75, 3.05) is 26.3 Å². The van der Waals surface area contributed by atoms with Crippen LogP contribution in [0.2, 0.25) is 0 Å². The van der Waals surface area contributed by atoms with Crippen LogP contribution in [0.4, 0.5) is 0 Å². The molecule has 2 unspecified atom stereocenters. The third kappa shape index (κ3) is 5.09. The normalized spacial score (nSPS) is 33.3. The maximum atomic E-state index is 12.2. The second-order valence-electron chi connectivity index (χ2n) is 6.23. The first-order chi connectivity index (χ1) is 9.59. The first-order valence-corrected chi connectivity index (χ1v) is 7.84. The van der Waals surface area contributed by atoms with Crippen LogP contribution in [-0.2, 0) is 14.3 Å². The van der Waals surface area contributed by atoms with Crippen molar-refractivity contribution in [2.45, 2.75) is 51.9 Å². The molecular formula is C15H29ClN2O3. The van der Waals surface area contributed by atoms with E-state index in [-0.39, 0.29) is 36.6 Å². The quantitative estimate of drug-likeness (QED) is 0.821. The van der Waals surface area contributed by atoms with Crippen molar-refractivity contribution in [3.05, 3.63) is 0 Å². The molecule has 2 N–H and O–H groups in total. The van der Waals surface area contributed by atoms with Gasteiger partial charge in [0.2, 0.25) is 5.91 Å². The molecule has 0 radical (unpaired) electrons. The molecule has 0 bridgehead atoms. The Morgan fingerprint density at radius 1 is 1.33 bits per heavy atom. The van der Waals surface area contributed by atoms with Crippen LogP contribution in [0.15, 0.2) is 0 Å². The maximum Gasteiger partial charge on any atom is 0.239 e. The Hall–Kier alpha value is -0.360. The smallest absolute Gasteiger partial charge is 0.239 e. The lowest BCUT2D eigenvalue weighted by Gasteiger charge is -2.35. The van der Waals surface area contributed by atoms with Crippen LogP contribution in [0.25, 0.3) is 0 Å². The lowest BCUT2D eigenvalue weighted by molar-refractivity contribution is -0.129. The van der Waals surface area contributed by atoms with Gasteiger partial charge in [0.15, 0.2) is 0 Å². The number of rotatable bonds is 4. The van der Waals surface area contributed by atoms with E-state index in [1.165, 1.54) is 0 Å². The lowest BCUT2D eigenvalue weighted by atomic mass is 9.87. The fraction of sp³-hybridized carbons (Fsp3) is 0.933. The van der Waals surface area contributed by atoms with Gasteiger partial charge < -0.3 is 20.1 Å². The Bertz CT molecular complexity index is 328. The second kappa shape index (κ2) is 8.93. The van der Waals surface area contributed by atoms with Crippen LogP contribution >= 0.6 is 12.4 Å². The maximum absolute atomic E-state index is 12.2. The summed E-state index contributed by atoms with van der Waals surface area (Å²) in [6.07, 6.45) is 2.42. The van der Waals surface area contributed by atoms with E-state index in [0.717, 1.165) is 26.0 Å². The van der Waals surface area contributed by atoms with E-state index in [9.17, 15) is 4.79 Å². The topological polar surface area (TPSA) is 59.6 Å². The van der Waals surface area contributed by atoms with E-state index in [4.69, 9.17) is 9.47 Å². The monoisotopic (exact) mass is 320 g/mol. The molecule has 5 nitrogen and oxygen atoms in total. The van der Waals surface area contributed by atoms with Crippen LogP contribution in [0.3, 0.4) is 0 Å². The van der Waals surface area contributed by atoms with E-state index in [1.807, 2.05) is 6.92 Å².